The molecule has 37 heavy (non-hydrogen) atoms. The van der Waals surface area contributed by atoms with Gasteiger partial charge in [-0.3, -0.25) is 4.79 Å². The summed E-state index contributed by atoms with van der Waals surface area (Å²) >= 11 is 9.07. The van der Waals surface area contributed by atoms with Gasteiger partial charge in [-0.1, -0.05) is 35.9 Å². The predicted molar refractivity (Wildman–Crippen MR) is 147 cm³/mol. The number of nitrogens with zero attached hydrogens (tertiary/aromatic N) is 3. The second-order valence-corrected chi connectivity index (χ2v) is 11.3. The van der Waals surface area contributed by atoms with Gasteiger partial charge >= 0.3 is 5.97 Å². The van der Waals surface area contributed by atoms with E-state index in [0.29, 0.717) is 38.9 Å². The largest absolute Gasteiger partial charge is 0.481 e. The summed E-state index contributed by atoms with van der Waals surface area (Å²) in [7, 11) is 1.37. The van der Waals surface area contributed by atoms with Crippen molar-refractivity contribution < 1.29 is 19.1 Å². The molecule has 0 saturated heterocycles. The number of hydrogen-bond acceptors (Lipinski definition) is 8. The normalized spacial score (nSPS) is 14.0. The molecule has 4 rings (SSSR count). The number of nitrogens with one attached hydrogen (secondary N) is 1. The molecule has 1 aliphatic carbocycles. The summed E-state index contributed by atoms with van der Waals surface area (Å²) in [5, 5.41) is 13.3. The van der Waals surface area contributed by atoms with Crippen molar-refractivity contribution in [2.45, 2.75) is 70.7 Å². The highest BCUT2D eigenvalue weighted by Gasteiger charge is 2.27. The van der Waals surface area contributed by atoms with Gasteiger partial charge in [0.15, 0.2) is 17.1 Å². The number of fused-ring (bicyclic) bond motifs is 1. The Hall–Kier alpha value is -2.56. The van der Waals surface area contributed by atoms with Crippen molar-refractivity contribution in [3.05, 3.63) is 50.6 Å². The van der Waals surface area contributed by atoms with E-state index in [1.54, 1.807) is 6.07 Å². The lowest BCUT2D eigenvalue weighted by atomic mass is 10.1. The van der Waals surface area contributed by atoms with Crippen LogP contribution in [0.15, 0.2) is 23.4 Å². The van der Waals surface area contributed by atoms with E-state index in [1.807, 2.05) is 37.5 Å². The van der Waals surface area contributed by atoms with E-state index in [2.05, 4.69) is 15.5 Å². The van der Waals surface area contributed by atoms with E-state index in [4.69, 9.17) is 21.1 Å². The van der Waals surface area contributed by atoms with E-state index in [-0.39, 0.29) is 17.8 Å². The van der Waals surface area contributed by atoms with Crippen LogP contribution in [0.25, 0.3) is 0 Å². The Balaban J connectivity index is 1.45. The molecule has 8 nitrogen and oxygen atoms in total. The number of aromatic nitrogens is 3. The summed E-state index contributed by atoms with van der Waals surface area (Å²) < 4.78 is 13.0. The van der Waals surface area contributed by atoms with Crippen molar-refractivity contribution in [3.8, 4) is 5.75 Å². The smallest absolute Gasteiger partial charge is 0.341 e. The van der Waals surface area contributed by atoms with Crippen LogP contribution < -0.4 is 10.1 Å². The Labute approximate surface area is 230 Å². The third-order valence-electron chi connectivity index (χ3n) is 6.21. The van der Waals surface area contributed by atoms with Crippen LogP contribution in [-0.2, 0) is 28.9 Å². The molecule has 1 N–H and O–H groups in total. The molecular weight excluding hydrogens is 532 g/mol. The number of amides is 1. The number of carbonyl (C=O) groups excluding carboxylic acids is 2. The van der Waals surface area contributed by atoms with Gasteiger partial charge in [-0.2, -0.15) is 0 Å². The van der Waals surface area contributed by atoms with Crippen molar-refractivity contribution in [2.75, 3.05) is 18.2 Å². The minimum absolute atomic E-state index is 0.125. The Morgan fingerprint density at radius 3 is 2.78 bits per heavy atom. The van der Waals surface area contributed by atoms with E-state index >= 15 is 0 Å². The molecule has 2 heterocycles. The van der Waals surface area contributed by atoms with Gasteiger partial charge in [0.25, 0.3) is 0 Å². The predicted octanol–water partition coefficient (Wildman–Crippen LogP) is 6.25. The van der Waals surface area contributed by atoms with Gasteiger partial charge in [-0.15, -0.1) is 21.5 Å². The number of benzene rings is 1. The van der Waals surface area contributed by atoms with E-state index in [0.717, 1.165) is 43.2 Å². The van der Waals surface area contributed by atoms with Gasteiger partial charge in [0, 0.05) is 11.4 Å². The molecule has 11 heteroatoms. The summed E-state index contributed by atoms with van der Waals surface area (Å²) in [6.45, 7) is 6.48. The molecule has 2 aromatic heterocycles. The Bertz CT molecular complexity index is 1290. The van der Waals surface area contributed by atoms with Gasteiger partial charge in [-0.25, -0.2) is 4.79 Å². The molecule has 0 saturated carbocycles. The second kappa shape index (κ2) is 12.3. The summed E-state index contributed by atoms with van der Waals surface area (Å²) in [6.07, 6.45) is 4.62. The molecule has 0 aliphatic heterocycles. The number of esters is 1. The Kier molecular flexibility index (Phi) is 9.15. The number of aryl methyl sites for hydroxylation is 2. The highest BCUT2D eigenvalue weighted by Crippen LogP contribution is 2.38. The number of carbonyl (C=O) groups is 2. The first-order chi connectivity index (χ1) is 17.8. The molecule has 1 aliphatic rings. The van der Waals surface area contributed by atoms with Gasteiger partial charge < -0.3 is 19.4 Å². The maximum absolute atomic E-state index is 12.9. The third-order valence-corrected chi connectivity index (χ3v) is 8.70. The van der Waals surface area contributed by atoms with E-state index < -0.39 is 5.97 Å². The minimum Gasteiger partial charge on any atom is -0.481 e. The molecular formula is C26H31ClN4O4S2. The van der Waals surface area contributed by atoms with Gasteiger partial charge in [0.05, 0.1) is 23.4 Å². The number of ether oxygens (including phenoxy) is 2. The Morgan fingerprint density at radius 2 is 2.03 bits per heavy atom. The quantitative estimate of drug-likeness (QED) is 0.187. The van der Waals surface area contributed by atoms with Crippen LogP contribution in [0.2, 0.25) is 5.02 Å². The van der Waals surface area contributed by atoms with Gasteiger partial charge in [0.2, 0.25) is 5.91 Å². The first-order valence-corrected chi connectivity index (χ1v) is 14.5. The van der Waals surface area contributed by atoms with E-state index in [1.165, 1.54) is 35.1 Å². The van der Waals surface area contributed by atoms with Crippen molar-refractivity contribution in [1.29, 1.82) is 0 Å². The zero-order chi connectivity index (χ0) is 26.5. The fraction of sp³-hybridized carbons (Fsp3) is 0.462. The van der Waals surface area contributed by atoms with Gasteiger partial charge in [0.1, 0.15) is 10.8 Å². The number of thiophene rings is 1. The standard InChI is InChI=1S/C26H31ClN4O4S2/c1-5-31-23(16(3)35-19-13-15(2)11-12-18(19)27)29-30-26(31)36-14-21(32)28-24-22(25(33)34-4)17-9-7-6-8-10-20(17)37-24/h11-13,16H,5-10,14H2,1-4H3,(H,28,32). The molecule has 3 aromatic rings. The summed E-state index contributed by atoms with van der Waals surface area (Å²) in [4.78, 5) is 26.6. The average Bonchev–Trinajstić information content (AvgIpc) is 3.37. The molecule has 1 amide bonds. The molecule has 1 aromatic carbocycles. The van der Waals surface area contributed by atoms with Crippen LogP contribution in [0.4, 0.5) is 5.00 Å². The number of thioether (sulfide) groups is 1. The van der Waals surface area contributed by atoms with Crippen molar-refractivity contribution in [2.24, 2.45) is 0 Å². The second-order valence-electron chi connectivity index (χ2n) is 8.88. The SMILES string of the molecule is CCn1c(SCC(=O)Nc2sc3c(c2C(=O)OC)CCCCC3)nnc1C(C)Oc1cc(C)ccc1Cl. The van der Waals surface area contributed by atoms with Crippen molar-refractivity contribution in [1.82, 2.24) is 14.8 Å². The molecule has 1 atom stereocenters. The lowest BCUT2D eigenvalue weighted by molar-refractivity contribution is -0.113. The summed E-state index contributed by atoms with van der Waals surface area (Å²) in [5.41, 5.74) is 2.57. The molecule has 198 valence electrons. The van der Waals surface area contributed by atoms with Crippen molar-refractivity contribution >= 4 is 51.6 Å². The monoisotopic (exact) mass is 562 g/mol. The summed E-state index contributed by atoms with van der Waals surface area (Å²) in [6, 6.07) is 5.62. The van der Waals surface area contributed by atoms with Crippen LogP contribution in [0.1, 0.15) is 71.4 Å². The van der Waals surface area contributed by atoms with Crippen LogP contribution in [0, 0.1) is 6.92 Å². The van der Waals surface area contributed by atoms with Crippen LogP contribution >= 0.6 is 34.7 Å². The molecule has 0 radical (unpaired) electrons. The zero-order valence-electron chi connectivity index (χ0n) is 21.4. The Morgan fingerprint density at radius 1 is 1.24 bits per heavy atom. The number of anilines is 1. The topological polar surface area (TPSA) is 95.3 Å². The third kappa shape index (κ3) is 6.30. The van der Waals surface area contributed by atoms with Crippen LogP contribution in [-0.4, -0.2) is 39.5 Å². The van der Waals surface area contributed by atoms with E-state index in [9.17, 15) is 9.59 Å². The highest BCUT2D eigenvalue weighted by molar-refractivity contribution is 7.99. The first kappa shape index (κ1) is 27.5. The number of halogens is 1. The molecule has 0 bridgehead atoms. The van der Waals surface area contributed by atoms with Crippen molar-refractivity contribution in [3.63, 3.8) is 0 Å². The molecule has 0 spiro atoms. The fourth-order valence-electron chi connectivity index (χ4n) is 4.39. The van der Waals surface area contributed by atoms with Crippen LogP contribution in [0.5, 0.6) is 5.75 Å². The summed E-state index contributed by atoms with van der Waals surface area (Å²) in [5.74, 6) is 0.748. The highest BCUT2D eigenvalue weighted by atomic mass is 35.5. The number of hydrogen-bond donors (Lipinski definition) is 1. The molecule has 0 fully saturated rings. The minimum atomic E-state index is -0.402. The average molecular weight is 563 g/mol. The first-order valence-electron chi connectivity index (χ1n) is 12.3. The zero-order valence-corrected chi connectivity index (χ0v) is 23.8. The van der Waals surface area contributed by atoms with Crippen LogP contribution in [0.3, 0.4) is 0 Å². The lowest BCUT2D eigenvalue weighted by Crippen LogP contribution is -2.17. The maximum atomic E-state index is 12.9. The molecule has 1 unspecified atom stereocenters. The number of methoxy groups -OCH3 is 1. The fourth-order valence-corrected chi connectivity index (χ4v) is 6.66. The maximum Gasteiger partial charge on any atom is 0.341 e. The number of rotatable bonds is 9. The lowest BCUT2D eigenvalue weighted by Gasteiger charge is -2.16. The van der Waals surface area contributed by atoms with Gasteiger partial charge in [-0.05, 0) is 69.7 Å².